The molecule has 0 spiro atoms. The fourth-order valence-electron chi connectivity index (χ4n) is 3.55. The molecule has 3 aromatic carbocycles. The van der Waals surface area contributed by atoms with E-state index >= 15 is 0 Å². The average molecular weight is 502 g/mol. The molecule has 0 amide bonds. The molecule has 0 aliphatic carbocycles. The first-order chi connectivity index (χ1) is 14.0. The third kappa shape index (κ3) is 4.31. The van der Waals surface area contributed by atoms with Crippen LogP contribution in [0.3, 0.4) is 0 Å². The second kappa shape index (κ2) is 8.62. The number of halogens is 2. The van der Waals surface area contributed by atoms with Gasteiger partial charge in [-0.3, -0.25) is 0 Å². The van der Waals surface area contributed by atoms with Gasteiger partial charge < -0.3 is 4.43 Å². The van der Waals surface area contributed by atoms with E-state index in [-0.39, 0.29) is 11.1 Å². The Morgan fingerprint density at radius 1 is 1.03 bits per heavy atom. The van der Waals surface area contributed by atoms with Crippen LogP contribution in [0.1, 0.15) is 38.0 Å². The third-order valence-corrected chi connectivity index (χ3v) is 12.0. The van der Waals surface area contributed by atoms with Gasteiger partial charge in [0.15, 0.2) is 8.32 Å². The van der Waals surface area contributed by atoms with Crippen LogP contribution in [0.2, 0.25) is 23.2 Å². The zero-order valence-corrected chi connectivity index (χ0v) is 22.0. The van der Waals surface area contributed by atoms with E-state index < -0.39 is 8.32 Å². The summed E-state index contributed by atoms with van der Waals surface area (Å²) in [4.78, 5) is 0. The Morgan fingerprint density at radius 3 is 2.13 bits per heavy atom. The lowest BCUT2D eigenvalue weighted by Crippen LogP contribution is -2.41. The van der Waals surface area contributed by atoms with Crippen LogP contribution in [0.15, 0.2) is 65.7 Å². The molecule has 1 atom stereocenters. The molecule has 0 saturated heterocycles. The summed E-state index contributed by atoms with van der Waals surface area (Å²) in [6, 6.07) is 16.6. The lowest BCUT2D eigenvalue weighted by molar-refractivity contribution is 0.230. The van der Waals surface area contributed by atoms with Gasteiger partial charge in [-0.25, -0.2) is 0 Å². The molecule has 0 fully saturated rings. The van der Waals surface area contributed by atoms with Gasteiger partial charge in [0, 0.05) is 9.50 Å². The second-order valence-corrected chi connectivity index (χ2v) is 15.3. The predicted molar refractivity (Wildman–Crippen MR) is 138 cm³/mol. The van der Waals surface area contributed by atoms with Gasteiger partial charge in [0.25, 0.3) is 0 Å². The molecule has 3 aromatic rings. The van der Waals surface area contributed by atoms with Gasteiger partial charge in [0.05, 0.1) is 6.10 Å². The first-order valence-electron chi connectivity index (χ1n) is 10.2. The maximum absolute atomic E-state index is 6.88. The van der Waals surface area contributed by atoms with Gasteiger partial charge in [-0.15, -0.1) is 6.58 Å². The minimum Gasteiger partial charge on any atom is -0.406 e. The Balaban J connectivity index is 2.35. The van der Waals surface area contributed by atoms with Crippen LogP contribution in [0.5, 0.6) is 0 Å². The smallest absolute Gasteiger partial charge is 0.193 e. The fraction of sp³-hybridized carbons (Fsp3) is 0.308. The highest BCUT2D eigenvalue weighted by Gasteiger charge is 2.39. The van der Waals surface area contributed by atoms with E-state index in [1.807, 2.05) is 18.2 Å². The van der Waals surface area contributed by atoms with E-state index in [0.717, 1.165) is 15.1 Å². The van der Waals surface area contributed by atoms with Crippen LogP contribution < -0.4 is 0 Å². The number of fused-ring (bicyclic) bond motifs is 1. The standard InChI is InChI=1S/C26H30BrClOSi/c1-8-22(29-30(6,7)26(3,4)5)23-17(2)25(27)21-12-10-9-11-20(21)24(23)18-13-15-19(28)16-14-18/h8-16,22H,1H2,2-7H3. The number of hydrogen-bond acceptors (Lipinski definition) is 1. The summed E-state index contributed by atoms with van der Waals surface area (Å²) in [5.41, 5.74) is 4.67. The maximum Gasteiger partial charge on any atom is 0.193 e. The molecule has 0 aromatic heterocycles. The van der Waals surface area contributed by atoms with Crippen molar-refractivity contribution in [2.75, 3.05) is 0 Å². The highest BCUT2D eigenvalue weighted by Crippen LogP contribution is 2.46. The van der Waals surface area contributed by atoms with Crippen molar-refractivity contribution in [2.45, 2.75) is 51.9 Å². The van der Waals surface area contributed by atoms with Crippen LogP contribution in [-0.4, -0.2) is 8.32 Å². The monoisotopic (exact) mass is 500 g/mol. The van der Waals surface area contributed by atoms with Crippen molar-refractivity contribution in [3.05, 3.63) is 81.8 Å². The van der Waals surface area contributed by atoms with Crippen LogP contribution in [0.4, 0.5) is 0 Å². The Bertz CT molecular complexity index is 1080. The van der Waals surface area contributed by atoms with E-state index in [0.29, 0.717) is 0 Å². The van der Waals surface area contributed by atoms with Gasteiger partial charge in [-0.05, 0) is 86.1 Å². The molecule has 1 nitrogen and oxygen atoms in total. The van der Waals surface area contributed by atoms with Crippen LogP contribution in [0.25, 0.3) is 21.9 Å². The quantitative estimate of drug-likeness (QED) is 0.250. The molecule has 1 unspecified atom stereocenters. The molecule has 30 heavy (non-hydrogen) atoms. The van der Waals surface area contributed by atoms with Gasteiger partial charge in [0.1, 0.15) is 0 Å². The SMILES string of the molecule is C=CC(O[Si](C)(C)C(C)(C)C)c1c(C)c(Br)c2ccccc2c1-c1ccc(Cl)cc1. The first-order valence-corrected chi connectivity index (χ1v) is 14.3. The maximum atomic E-state index is 6.88. The second-order valence-electron chi connectivity index (χ2n) is 9.31. The number of rotatable bonds is 5. The molecule has 4 heteroatoms. The van der Waals surface area contributed by atoms with E-state index in [9.17, 15) is 0 Å². The molecular formula is C26H30BrClOSi. The zero-order chi connectivity index (χ0) is 22.3. The lowest BCUT2D eigenvalue weighted by Gasteiger charge is -2.39. The highest BCUT2D eigenvalue weighted by molar-refractivity contribution is 9.10. The minimum atomic E-state index is -2.02. The van der Waals surface area contributed by atoms with Crippen LogP contribution >= 0.6 is 27.5 Å². The van der Waals surface area contributed by atoms with E-state index in [4.69, 9.17) is 16.0 Å². The van der Waals surface area contributed by atoms with Crippen molar-refractivity contribution < 1.29 is 4.43 Å². The van der Waals surface area contributed by atoms with E-state index in [1.54, 1.807) is 0 Å². The average Bonchev–Trinajstić information content (AvgIpc) is 2.69. The lowest BCUT2D eigenvalue weighted by atomic mass is 9.87. The normalized spacial score (nSPS) is 13.5. The molecule has 0 saturated carbocycles. The van der Waals surface area contributed by atoms with Crippen molar-refractivity contribution in [1.82, 2.24) is 0 Å². The van der Waals surface area contributed by atoms with Gasteiger partial charge in [-0.1, -0.05) is 74.8 Å². The summed E-state index contributed by atoms with van der Waals surface area (Å²) in [5.74, 6) is 0. The summed E-state index contributed by atoms with van der Waals surface area (Å²) < 4.78 is 7.99. The van der Waals surface area contributed by atoms with Crippen LogP contribution in [0, 0.1) is 6.92 Å². The molecule has 0 aliphatic rings. The zero-order valence-electron chi connectivity index (χ0n) is 18.6. The summed E-state index contributed by atoms with van der Waals surface area (Å²) in [7, 11) is -2.02. The summed E-state index contributed by atoms with van der Waals surface area (Å²) in [6.45, 7) is 17.7. The molecular weight excluding hydrogens is 472 g/mol. The van der Waals surface area contributed by atoms with Crippen molar-refractivity contribution in [3.8, 4) is 11.1 Å². The third-order valence-electron chi connectivity index (χ3n) is 6.29. The molecule has 0 heterocycles. The first kappa shape index (κ1) is 23.3. The Hall–Kier alpha value is -1.39. The Morgan fingerprint density at radius 2 is 1.60 bits per heavy atom. The van der Waals surface area contributed by atoms with Gasteiger partial charge in [-0.2, -0.15) is 0 Å². The largest absolute Gasteiger partial charge is 0.406 e. The summed E-state index contributed by atoms with van der Waals surface area (Å²) >= 11 is 10.1. The van der Waals surface area contributed by atoms with Crippen molar-refractivity contribution >= 4 is 46.6 Å². The topological polar surface area (TPSA) is 9.23 Å². The van der Waals surface area contributed by atoms with Gasteiger partial charge in [0.2, 0.25) is 0 Å². The Kier molecular flexibility index (Phi) is 6.69. The summed E-state index contributed by atoms with van der Waals surface area (Å²) in [5, 5.41) is 3.23. The predicted octanol–water partition coefficient (Wildman–Crippen LogP) is 9.48. The highest BCUT2D eigenvalue weighted by atomic mass is 79.9. The minimum absolute atomic E-state index is 0.108. The number of benzene rings is 3. The summed E-state index contributed by atoms with van der Waals surface area (Å²) in [6.07, 6.45) is 1.75. The number of hydrogen-bond donors (Lipinski definition) is 0. The van der Waals surface area contributed by atoms with Crippen molar-refractivity contribution in [2.24, 2.45) is 0 Å². The van der Waals surface area contributed by atoms with Gasteiger partial charge >= 0.3 is 0 Å². The van der Waals surface area contributed by atoms with Crippen molar-refractivity contribution in [3.63, 3.8) is 0 Å². The molecule has 158 valence electrons. The van der Waals surface area contributed by atoms with Crippen LogP contribution in [-0.2, 0) is 4.43 Å². The molecule has 0 radical (unpaired) electrons. The molecule has 0 N–H and O–H groups in total. The molecule has 0 bridgehead atoms. The Labute approximate surface area is 195 Å². The van der Waals surface area contributed by atoms with E-state index in [1.165, 1.54) is 27.5 Å². The molecule has 3 rings (SSSR count). The molecule has 0 aliphatic heterocycles. The van der Waals surface area contributed by atoms with E-state index in [2.05, 4.69) is 99.7 Å². The fourth-order valence-corrected chi connectivity index (χ4v) is 5.44. The van der Waals surface area contributed by atoms with Crippen molar-refractivity contribution in [1.29, 1.82) is 0 Å².